The molecule has 0 saturated carbocycles. The summed E-state index contributed by atoms with van der Waals surface area (Å²) in [7, 11) is 0. The molecule has 0 aliphatic heterocycles. The minimum atomic E-state index is -0.434. The predicted octanol–water partition coefficient (Wildman–Crippen LogP) is 14.9. The molecule has 2 aromatic heterocycles. The fourth-order valence-corrected chi connectivity index (χ4v) is 11.5. The van der Waals surface area contributed by atoms with Crippen molar-refractivity contribution in [3.05, 3.63) is 235 Å². The number of thiophene rings is 1. The van der Waals surface area contributed by atoms with Gasteiger partial charge in [-0.25, -0.2) is 15.0 Å². The highest BCUT2D eigenvalue weighted by atomic mass is 32.1. The van der Waals surface area contributed by atoms with Gasteiger partial charge in [0.25, 0.3) is 0 Å². The SMILES string of the molecule is c1ccc(-c2nc(-c3cccc(-c4ccc5sc6ccccc6c5c4)c3)nc(-c3ccccc3-c3cccc4c3-c3ccccc3C43c4ccccc4-c4ccccc43)n2)cc1. The van der Waals surface area contributed by atoms with E-state index in [-0.39, 0.29) is 0 Å². The predicted molar refractivity (Wildman–Crippen MR) is 256 cm³/mol. The molecule has 0 radical (unpaired) electrons. The molecule has 0 amide bonds. The Bertz CT molecular complexity index is 3560. The van der Waals surface area contributed by atoms with Crippen LogP contribution in [0.2, 0.25) is 0 Å². The van der Waals surface area contributed by atoms with E-state index < -0.39 is 5.41 Å². The molecule has 0 atom stereocenters. The molecule has 62 heavy (non-hydrogen) atoms. The Morgan fingerprint density at radius 2 is 0.790 bits per heavy atom. The van der Waals surface area contributed by atoms with Crippen molar-refractivity contribution in [3.63, 3.8) is 0 Å². The van der Waals surface area contributed by atoms with Crippen LogP contribution in [0.1, 0.15) is 22.3 Å². The van der Waals surface area contributed by atoms with Crippen molar-refractivity contribution >= 4 is 31.5 Å². The van der Waals surface area contributed by atoms with Crippen molar-refractivity contribution in [2.45, 2.75) is 5.41 Å². The normalized spacial score (nSPS) is 13.0. The fourth-order valence-electron chi connectivity index (χ4n) is 10.4. The third-order valence-electron chi connectivity index (χ3n) is 13.0. The molecule has 0 unspecified atom stereocenters. The zero-order valence-electron chi connectivity index (χ0n) is 33.5. The van der Waals surface area contributed by atoms with Gasteiger partial charge in [0.15, 0.2) is 17.5 Å². The Labute approximate surface area is 363 Å². The quantitative estimate of drug-likeness (QED) is 0.174. The van der Waals surface area contributed by atoms with Crippen LogP contribution in [-0.4, -0.2) is 15.0 Å². The molecule has 9 aromatic carbocycles. The van der Waals surface area contributed by atoms with Crippen LogP contribution in [0.5, 0.6) is 0 Å². The maximum atomic E-state index is 5.35. The summed E-state index contributed by atoms with van der Waals surface area (Å²) in [6.07, 6.45) is 0. The van der Waals surface area contributed by atoms with Gasteiger partial charge in [-0.2, -0.15) is 0 Å². The lowest BCUT2D eigenvalue weighted by Gasteiger charge is -2.30. The van der Waals surface area contributed by atoms with Crippen molar-refractivity contribution in [1.29, 1.82) is 0 Å². The summed E-state index contributed by atoms with van der Waals surface area (Å²) < 4.78 is 2.60. The molecule has 1 spiro atoms. The van der Waals surface area contributed by atoms with Crippen molar-refractivity contribution < 1.29 is 0 Å². The third-order valence-corrected chi connectivity index (χ3v) is 14.1. The van der Waals surface area contributed by atoms with Crippen LogP contribution in [0.3, 0.4) is 0 Å². The summed E-state index contributed by atoms with van der Waals surface area (Å²) in [5.41, 5.74) is 17.3. The summed E-state index contributed by atoms with van der Waals surface area (Å²) in [4.78, 5) is 15.8. The zero-order valence-corrected chi connectivity index (χ0v) is 34.3. The van der Waals surface area contributed by atoms with Crippen LogP contribution >= 0.6 is 11.3 Å². The van der Waals surface area contributed by atoms with Crippen molar-refractivity contribution in [2.75, 3.05) is 0 Å². The molecular formula is C58H35N3S. The van der Waals surface area contributed by atoms with Gasteiger partial charge in [-0.15, -0.1) is 11.3 Å². The van der Waals surface area contributed by atoms with Crippen molar-refractivity contribution in [2.24, 2.45) is 0 Å². The molecule has 11 aromatic rings. The minimum absolute atomic E-state index is 0.434. The summed E-state index contributed by atoms with van der Waals surface area (Å²) in [5.74, 6) is 1.91. The Kier molecular flexibility index (Phi) is 7.69. The summed E-state index contributed by atoms with van der Waals surface area (Å²) in [6, 6.07) is 76.7. The third kappa shape index (κ3) is 5.08. The van der Waals surface area contributed by atoms with Crippen molar-refractivity contribution in [1.82, 2.24) is 15.0 Å². The van der Waals surface area contributed by atoms with Gasteiger partial charge in [0, 0.05) is 36.9 Å². The molecule has 0 saturated heterocycles. The highest BCUT2D eigenvalue weighted by molar-refractivity contribution is 7.25. The highest BCUT2D eigenvalue weighted by Crippen LogP contribution is 2.64. The largest absolute Gasteiger partial charge is 0.208 e. The van der Waals surface area contributed by atoms with E-state index in [4.69, 9.17) is 15.0 Å². The smallest absolute Gasteiger partial charge is 0.164 e. The van der Waals surface area contributed by atoms with E-state index >= 15 is 0 Å². The first-order chi connectivity index (χ1) is 30.7. The number of fused-ring (bicyclic) bond motifs is 13. The van der Waals surface area contributed by atoms with Crippen LogP contribution in [-0.2, 0) is 5.41 Å². The second kappa shape index (κ2) is 13.6. The first kappa shape index (κ1) is 35.0. The van der Waals surface area contributed by atoms with E-state index in [2.05, 4.69) is 194 Å². The van der Waals surface area contributed by atoms with Crippen LogP contribution in [0.25, 0.3) is 98.8 Å². The number of benzene rings is 9. The van der Waals surface area contributed by atoms with Gasteiger partial charge < -0.3 is 0 Å². The van der Waals surface area contributed by atoms with Crippen LogP contribution in [0.4, 0.5) is 0 Å². The Morgan fingerprint density at radius 3 is 1.56 bits per heavy atom. The number of aromatic nitrogens is 3. The van der Waals surface area contributed by atoms with Gasteiger partial charge in [-0.1, -0.05) is 188 Å². The fraction of sp³-hybridized carbons (Fsp3) is 0.0172. The van der Waals surface area contributed by atoms with Crippen LogP contribution in [0.15, 0.2) is 212 Å². The lowest BCUT2D eigenvalue weighted by atomic mass is 9.70. The van der Waals surface area contributed by atoms with Gasteiger partial charge in [-0.05, 0) is 91.0 Å². The molecule has 2 aliphatic carbocycles. The maximum Gasteiger partial charge on any atom is 0.164 e. The van der Waals surface area contributed by atoms with Gasteiger partial charge in [0.1, 0.15) is 0 Å². The number of hydrogen-bond acceptors (Lipinski definition) is 4. The molecule has 13 rings (SSSR count). The Balaban J connectivity index is 1.000. The lowest BCUT2D eigenvalue weighted by Crippen LogP contribution is -2.25. The van der Waals surface area contributed by atoms with E-state index in [9.17, 15) is 0 Å². The maximum absolute atomic E-state index is 5.35. The van der Waals surface area contributed by atoms with E-state index in [0.29, 0.717) is 17.5 Å². The standard InChI is InChI=1S/C58H35N3S/c1-2-16-36(17-3-1)55-59-56(39-19-14-18-37(34-39)38-32-33-53-47(35-38)43-23-9-13-31-52(43)62-53)61-57(60-55)45-24-5-4-20-40(45)44-26-15-30-51-54(44)46-25-8-12-29-50(46)58(51)48-27-10-6-21-41(48)42-22-7-11-28-49(42)58/h1-35H. The summed E-state index contributed by atoms with van der Waals surface area (Å²) in [5, 5.41) is 2.57. The van der Waals surface area contributed by atoms with Crippen LogP contribution < -0.4 is 0 Å². The molecule has 0 bridgehead atoms. The average molecular weight is 806 g/mol. The topological polar surface area (TPSA) is 38.7 Å². The highest BCUT2D eigenvalue weighted by Gasteiger charge is 2.52. The second-order valence-electron chi connectivity index (χ2n) is 16.2. The molecule has 288 valence electrons. The second-order valence-corrected chi connectivity index (χ2v) is 17.3. The average Bonchev–Trinajstić information content (AvgIpc) is 3.98. The molecule has 3 nitrogen and oxygen atoms in total. The molecular weight excluding hydrogens is 771 g/mol. The number of rotatable bonds is 5. The van der Waals surface area contributed by atoms with E-state index in [1.54, 1.807) is 0 Å². The number of hydrogen-bond donors (Lipinski definition) is 0. The van der Waals surface area contributed by atoms with Crippen molar-refractivity contribution in [3.8, 4) is 78.7 Å². The number of nitrogens with zero attached hydrogens (tertiary/aromatic N) is 3. The van der Waals surface area contributed by atoms with E-state index in [0.717, 1.165) is 38.9 Å². The Hall–Kier alpha value is -7.79. The molecule has 2 aliphatic rings. The first-order valence-electron chi connectivity index (χ1n) is 21.1. The first-order valence-corrected chi connectivity index (χ1v) is 21.9. The molecule has 0 N–H and O–H groups in total. The van der Waals surface area contributed by atoms with Gasteiger partial charge in [0.05, 0.1) is 5.41 Å². The van der Waals surface area contributed by atoms with Crippen LogP contribution in [0, 0.1) is 0 Å². The summed E-state index contributed by atoms with van der Waals surface area (Å²) in [6.45, 7) is 0. The van der Waals surface area contributed by atoms with E-state index in [1.807, 2.05) is 29.5 Å². The van der Waals surface area contributed by atoms with E-state index in [1.165, 1.54) is 64.7 Å². The monoisotopic (exact) mass is 805 g/mol. The molecule has 4 heteroatoms. The minimum Gasteiger partial charge on any atom is -0.208 e. The Morgan fingerprint density at radius 1 is 0.290 bits per heavy atom. The zero-order chi connectivity index (χ0) is 40.8. The summed E-state index contributed by atoms with van der Waals surface area (Å²) >= 11 is 1.84. The van der Waals surface area contributed by atoms with Gasteiger partial charge in [-0.3, -0.25) is 0 Å². The van der Waals surface area contributed by atoms with Gasteiger partial charge in [0.2, 0.25) is 0 Å². The molecule has 2 heterocycles. The van der Waals surface area contributed by atoms with Gasteiger partial charge >= 0.3 is 0 Å². The lowest BCUT2D eigenvalue weighted by molar-refractivity contribution is 0.794. The molecule has 0 fully saturated rings.